The SMILES string of the molecule is Cc1ccc(NC(=O)[C@@H](N)C(C)C)cn1.Cl. The Kier molecular flexibility index (Phi) is 6.00. The molecule has 0 aromatic carbocycles. The second kappa shape index (κ2) is 6.45. The normalized spacial score (nSPS) is 11.8. The minimum atomic E-state index is -0.480. The first-order valence-electron chi connectivity index (χ1n) is 5.00. The zero-order valence-electron chi connectivity index (χ0n) is 9.73. The van der Waals surface area contributed by atoms with E-state index in [-0.39, 0.29) is 24.2 Å². The van der Waals surface area contributed by atoms with Crippen molar-refractivity contribution in [2.45, 2.75) is 26.8 Å². The lowest BCUT2D eigenvalue weighted by atomic mass is 10.1. The third-order valence-corrected chi connectivity index (χ3v) is 2.20. The molecule has 16 heavy (non-hydrogen) atoms. The smallest absolute Gasteiger partial charge is 0.241 e. The second-order valence-electron chi connectivity index (χ2n) is 3.95. The molecule has 1 amide bonds. The number of carbonyl (C=O) groups is 1. The lowest BCUT2D eigenvalue weighted by Gasteiger charge is -2.15. The van der Waals surface area contributed by atoms with E-state index in [1.54, 1.807) is 6.20 Å². The van der Waals surface area contributed by atoms with Gasteiger partial charge in [-0.2, -0.15) is 0 Å². The first kappa shape index (κ1) is 14.9. The van der Waals surface area contributed by atoms with E-state index < -0.39 is 6.04 Å². The number of hydrogen-bond donors (Lipinski definition) is 2. The van der Waals surface area contributed by atoms with Crippen molar-refractivity contribution in [1.29, 1.82) is 0 Å². The fraction of sp³-hybridized carbons (Fsp3) is 0.455. The number of amides is 1. The predicted molar refractivity (Wildman–Crippen MR) is 67.7 cm³/mol. The van der Waals surface area contributed by atoms with Gasteiger partial charge in [-0.25, -0.2) is 0 Å². The van der Waals surface area contributed by atoms with Crippen LogP contribution >= 0.6 is 12.4 Å². The third kappa shape index (κ3) is 4.16. The Morgan fingerprint density at radius 1 is 1.44 bits per heavy atom. The van der Waals surface area contributed by atoms with Crippen molar-refractivity contribution in [3.8, 4) is 0 Å². The maximum Gasteiger partial charge on any atom is 0.241 e. The predicted octanol–water partition coefficient (Wildman–Crippen LogP) is 1.73. The number of halogens is 1. The largest absolute Gasteiger partial charge is 0.323 e. The number of carbonyl (C=O) groups excluding carboxylic acids is 1. The van der Waals surface area contributed by atoms with E-state index in [0.717, 1.165) is 5.69 Å². The summed E-state index contributed by atoms with van der Waals surface area (Å²) in [6, 6.07) is 3.18. The van der Waals surface area contributed by atoms with Crippen LogP contribution in [0.5, 0.6) is 0 Å². The minimum Gasteiger partial charge on any atom is -0.323 e. The van der Waals surface area contributed by atoms with Crippen LogP contribution in [-0.4, -0.2) is 16.9 Å². The molecule has 0 bridgehead atoms. The lowest BCUT2D eigenvalue weighted by Crippen LogP contribution is -2.39. The van der Waals surface area contributed by atoms with Gasteiger partial charge in [-0.15, -0.1) is 12.4 Å². The van der Waals surface area contributed by atoms with E-state index in [2.05, 4.69) is 10.3 Å². The van der Waals surface area contributed by atoms with Crippen LogP contribution in [0.1, 0.15) is 19.5 Å². The van der Waals surface area contributed by atoms with Gasteiger partial charge < -0.3 is 11.1 Å². The van der Waals surface area contributed by atoms with Crippen molar-refractivity contribution in [2.75, 3.05) is 5.32 Å². The van der Waals surface area contributed by atoms with E-state index in [1.807, 2.05) is 32.9 Å². The quantitative estimate of drug-likeness (QED) is 0.850. The lowest BCUT2D eigenvalue weighted by molar-refractivity contribution is -0.118. The molecular weight excluding hydrogens is 226 g/mol. The van der Waals surface area contributed by atoms with Crippen LogP contribution in [0.25, 0.3) is 0 Å². The first-order chi connectivity index (χ1) is 7.00. The van der Waals surface area contributed by atoms with Gasteiger partial charge in [0.15, 0.2) is 0 Å². The number of aryl methyl sites for hydroxylation is 1. The van der Waals surface area contributed by atoms with Gasteiger partial charge in [-0.3, -0.25) is 9.78 Å². The van der Waals surface area contributed by atoms with Crippen LogP contribution in [0.3, 0.4) is 0 Å². The molecule has 1 aromatic rings. The average molecular weight is 244 g/mol. The molecular formula is C11H18ClN3O. The zero-order valence-corrected chi connectivity index (χ0v) is 10.5. The van der Waals surface area contributed by atoms with E-state index in [4.69, 9.17) is 5.73 Å². The van der Waals surface area contributed by atoms with Crippen LogP contribution in [0.15, 0.2) is 18.3 Å². The molecule has 5 heteroatoms. The Morgan fingerprint density at radius 3 is 2.50 bits per heavy atom. The summed E-state index contributed by atoms with van der Waals surface area (Å²) < 4.78 is 0. The number of anilines is 1. The van der Waals surface area contributed by atoms with Crippen molar-refractivity contribution in [1.82, 2.24) is 4.98 Å². The van der Waals surface area contributed by atoms with Gasteiger partial charge in [0.2, 0.25) is 5.91 Å². The van der Waals surface area contributed by atoms with Gasteiger partial charge in [-0.05, 0) is 25.0 Å². The molecule has 0 aliphatic heterocycles. The van der Waals surface area contributed by atoms with Crippen molar-refractivity contribution in [2.24, 2.45) is 11.7 Å². The molecule has 1 heterocycles. The molecule has 3 N–H and O–H groups in total. The molecule has 1 atom stereocenters. The number of aromatic nitrogens is 1. The number of rotatable bonds is 3. The zero-order chi connectivity index (χ0) is 11.4. The van der Waals surface area contributed by atoms with Crippen LogP contribution in [0.4, 0.5) is 5.69 Å². The maximum absolute atomic E-state index is 11.6. The van der Waals surface area contributed by atoms with Crippen molar-refractivity contribution in [3.63, 3.8) is 0 Å². The summed E-state index contributed by atoms with van der Waals surface area (Å²) in [5, 5.41) is 2.72. The van der Waals surface area contributed by atoms with Gasteiger partial charge in [0.05, 0.1) is 17.9 Å². The summed E-state index contributed by atoms with van der Waals surface area (Å²) in [7, 11) is 0. The van der Waals surface area contributed by atoms with Gasteiger partial charge in [0.1, 0.15) is 0 Å². The van der Waals surface area contributed by atoms with Gasteiger partial charge >= 0.3 is 0 Å². The number of hydrogen-bond acceptors (Lipinski definition) is 3. The summed E-state index contributed by atoms with van der Waals surface area (Å²) in [6.07, 6.45) is 1.63. The number of nitrogens with zero attached hydrogens (tertiary/aromatic N) is 1. The molecule has 90 valence electrons. The highest BCUT2D eigenvalue weighted by Crippen LogP contribution is 2.07. The maximum atomic E-state index is 11.6. The van der Waals surface area contributed by atoms with Crippen LogP contribution < -0.4 is 11.1 Å². The summed E-state index contributed by atoms with van der Waals surface area (Å²) in [5.41, 5.74) is 7.31. The van der Waals surface area contributed by atoms with Crippen LogP contribution in [-0.2, 0) is 4.79 Å². The Bertz CT molecular complexity index is 338. The summed E-state index contributed by atoms with van der Waals surface area (Å²) in [4.78, 5) is 15.7. The first-order valence-corrected chi connectivity index (χ1v) is 5.00. The van der Waals surface area contributed by atoms with E-state index in [0.29, 0.717) is 5.69 Å². The highest BCUT2D eigenvalue weighted by Gasteiger charge is 2.16. The summed E-state index contributed by atoms with van der Waals surface area (Å²) in [6.45, 7) is 5.72. The standard InChI is InChI=1S/C11H17N3O.ClH/c1-7(2)10(12)11(15)14-9-5-4-8(3)13-6-9;/h4-7,10H,12H2,1-3H3,(H,14,15);1H/t10-;/m0./s1. The van der Waals surface area contributed by atoms with Crippen molar-refractivity contribution in [3.05, 3.63) is 24.0 Å². The van der Waals surface area contributed by atoms with Gasteiger partial charge in [0.25, 0.3) is 0 Å². The van der Waals surface area contributed by atoms with Crippen LogP contribution in [0, 0.1) is 12.8 Å². The molecule has 0 aliphatic carbocycles. The summed E-state index contributed by atoms with van der Waals surface area (Å²) >= 11 is 0. The molecule has 4 nitrogen and oxygen atoms in total. The Morgan fingerprint density at radius 2 is 2.06 bits per heavy atom. The van der Waals surface area contributed by atoms with E-state index in [9.17, 15) is 4.79 Å². The van der Waals surface area contributed by atoms with Gasteiger partial charge in [0, 0.05) is 5.69 Å². The van der Waals surface area contributed by atoms with Crippen LogP contribution in [0.2, 0.25) is 0 Å². The van der Waals surface area contributed by atoms with Gasteiger partial charge in [-0.1, -0.05) is 13.8 Å². The molecule has 1 aromatic heterocycles. The second-order valence-corrected chi connectivity index (χ2v) is 3.95. The number of pyridine rings is 1. The summed E-state index contributed by atoms with van der Waals surface area (Å²) in [5.74, 6) is -0.0425. The van der Waals surface area contributed by atoms with E-state index >= 15 is 0 Å². The molecule has 0 unspecified atom stereocenters. The fourth-order valence-electron chi connectivity index (χ4n) is 1.07. The topological polar surface area (TPSA) is 68.0 Å². The van der Waals surface area contributed by atoms with E-state index in [1.165, 1.54) is 0 Å². The Hall–Kier alpha value is -1.13. The molecule has 0 radical (unpaired) electrons. The van der Waals surface area contributed by atoms with Crippen molar-refractivity contribution >= 4 is 24.0 Å². The minimum absolute atomic E-state index is 0. The average Bonchev–Trinajstić information content (AvgIpc) is 2.20. The molecule has 0 spiro atoms. The molecule has 1 rings (SSSR count). The highest BCUT2D eigenvalue weighted by atomic mass is 35.5. The number of nitrogens with one attached hydrogen (secondary N) is 1. The Balaban J connectivity index is 0.00000225. The fourth-order valence-corrected chi connectivity index (χ4v) is 1.07. The number of nitrogens with two attached hydrogens (primary N) is 1. The monoisotopic (exact) mass is 243 g/mol. The van der Waals surface area contributed by atoms with Crippen molar-refractivity contribution < 1.29 is 4.79 Å². The molecule has 0 fully saturated rings. The molecule has 0 saturated carbocycles. The Labute approximate surface area is 102 Å². The highest BCUT2D eigenvalue weighted by molar-refractivity contribution is 5.94. The molecule has 0 aliphatic rings. The third-order valence-electron chi connectivity index (χ3n) is 2.20. The molecule has 0 saturated heterocycles.